The van der Waals surface area contributed by atoms with Gasteiger partial charge in [0.1, 0.15) is 11.6 Å². The maximum atomic E-state index is 13.4. The molecule has 2 N–H and O–H groups in total. The number of methoxy groups -OCH3 is 1. The zero-order chi connectivity index (χ0) is 14.3. The second-order valence-corrected chi connectivity index (χ2v) is 4.66. The Labute approximate surface area is 119 Å². The molecule has 1 aromatic heterocycles. The van der Waals surface area contributed by atoms with Crippen LogP contribution in [0.1, 0.15) is 0 Å². The van der Waals surface area contributed by atoms with Crippen LogP contribution >= 0.6 is 11.6 Å². The average Bonchev–Trinajstić information content (AvgIpc) is 2.75. The van der Waals surface area contributed by atoms with Gasteiger partial charge in [0.2, 0.25) is 5.95 Å². The molecule has 3 aromatic rings. The van der Waals surface area contributed by atoms with Crippen LogP contribution in [0.4, 0.5) is 10.3 Å². The molecule has 0 radical (unpaired) electrons. The van der Waals surface area contributed by atoms with Crippen molar-refractivity contribution in [3.8, 4) is 11.4 Å². The molecular formula is C14H11ClFN3O. The molecule has 0 bridgehead atoms. The number of halogens is 2. The molecule has 1 heterocycles. The molecule has 0 spiro atoms. The van der Waals surface area contributed by atoms with Gasteiger partial charge in [0.25, 0.3) is 0 Å². The number of aromatic nitrogens is 2. The Balaban J connectivity index is 2.34. The molecule has 0 amide bonds. The number of rotatable bonds is 2. The van der Waals surface area contributed by atoms with Gasteiger partial charge >= 0.3 is 0 Å². The van der Waals surface area contributed by atoms with Crippen LogP contribution in [0.25, 0.3) is 16.7 Å². The molecule has 20 heavy (non-hydrogen) atoms. The highest BCUT2D eigenvalue weighted by Crippen LogP contribution is 2.31. The Bertz CT molecular complexity index is 800. The van der Waals surface area contributed by atoms with E-state index in [-0.39, 0.29) is 11.8 Å². The quantitative estimate of drug-likeness (QED) is 0.787. The first kappa shape index (κ1) is 12.7. The fourth-order valence-corrected chi connectivity index (χ4v) is 2.31. The largest absolute Gasteiger partial charge is 0.497 e. The lowest BCUT2D eigenvalue weighted by Gasteiger charge is -2.10. The third kappa shape index (κ3) is 1.96. The van der Waals surface area contributed by atoms with E-state index in [1.165, 1.54) is 12.1 Å². The zero-order valence-electron chi connectivity index (χ0n) is 10.6. The van der Waals surface area contributed by atoms with Crippen molar-refractivity contribution in [2.45, 2.75) is 0 Å². The van der Waals surface area contributed by atoms with Gasteiger partial charge in [0, 0.05) is 12.1 Å². The molecule has 6 heteroatoms. The van der Waals surface area contributed by atoms with Crippen LogP contribution in [0, 0.1) is 5.82 Å². The number of hydrogen-bond donors (Lipinski definition) is 1. The molecule has 4 nitrogen and oxygen atoms in total. The SMILES string of the molecule is COc1ccc(Cl)c(-n2c(N)nc3ccc(F)cc32)c1. The monoisotopic (exact) mass is 291 g/mol. The standard InChI is InChI=1S/C14H11ClFN3O/c1-20-9-3-4-10(15)12(7-9)19-13-6-8(16)2-5-11(13)18-14(19)17/h2-7H,1H3,(H2,17,18). The average molecular weight is 292 g/mol. The van der Waals surface area contributed by atoms with Crippen LogP contribution < -0.4 is 10.5 Å². The third-order valence-corrected chi connectivity index (χ3v) is 3.36. The Morgan fingerprint density at radius 3 is 2.80 bits per heavy atom. The van der Waals surface area contributed by atoms with Gasteiger partial charge in [-0.05, 0) is 24.3 Å². The molecule has 0 unspecified atom stereocenters. The first-order chi connectivity index (χ1) is 9.60. The summed E-state index contributed by atoms with van der Waals surface area (Å²) in [5, 5.41) is 0.473. The van der Waals surface area contributed by atoms with Gasteiger partial charge in [-0.25, -0.2) is 9.37 Å². The fraction of sp³-hybridized carbons (Fsp3) is 0.0714. The van der Waals surface area contributed by atoms with Gasteiger partial charge in [-0.2, -0.15) is 0 Å². The van der Waals surface area contributed by atoms with E-state index in [9.17, 15) is 4.39 Å². The fourth-order valence-electron chi connectivity index (χ4n) is 2.11. The van der Waals surface area contributed by atoms with Crippen molar-refractivity contribution in [1.29, 1.82) is 0 Å². The molecular weight excluding hydrogens is 281 g/mol. The molecule has 0 saturated carbocycles. The van der Waals surface area contributed by atoms with Crippen LogP contribution in [0.5, 0.6) is 5.75 Å². The lowest BCUT2D eigenvalue weighted by atomic mass is 10.2. The van der Waals surface area contributed by atoms with Crippen LogP contribution in [-0.4, -0.2) is 16.7 Å². The van der Waals surface area contributed by atoms with E-state index >= 15 is 0 Å². The Kier molecular flexibility index (Phi) is 2.99. The normalized spacial score (nSPS) is 10.9. The molecule has 2 aromatic carbocycles. The number of nitrogens with zero attached hydrogens (tertiary/aromatic N) is 2. The summed E-state index contributed by atoms with van der Waals surface area (Å²) in [4.78, 5) is 4.20. The Morgan fingerprint density at radius 2 is 2.05 bits per heavy atom. The summed E-state index contributed by atoms with van der Waals surface area (Å²) in [7, 11) is 1.56. The predicted molar refractivity (Wildman–Crippen MR) is 77.0 cm³/mol. The highest BCUT2D eigenvalue weighted by molar-refractivity contribution is 6.32. The van der Waals surface area contributed by atoms with E-state index in [2.05, 4.69) is 4.98 Å². The van der Waals surface area contributed by atoms with Crippen molar-refractivity contribution in [2.75, 3.05) is 12.8 Å². The van der Waals surface area contributed by atoms with E-state index < -0.39 is 0 Å². The molecule has 0 aliphatic carbocycles. The number of benzene rings is 2. The minimum Gasteiger partial charge on any atom is -0.497 e. The van der Waals surface area contributed by atoms with Gasteiger partial charge in [-0.15, -0.1) is 0 Å². The van der Waals surface area contributed by atoms with Crippen LogP contribution in [0.2, 0.25) is 5.02 Å². The van der Waals surface area contributed by atoms with E-state index in [1.54, 1.807) is 35.9 Å². The number of hydrogen-bond acceptors (Lipinski definition) is 3. The van der Waals surface area contributed by atoms with Crippen molar-refractivity contribution in [3.05, 3.63) is 47.2 Å². The highest BCUT2D eigenvalue weighted by atomic mass is 35.5. The number of imidazole rings is 1. The number of fused-ring (bicyclic) bond motifs is 1. The molecule has 0 aliphatic rings. The van der Waals surface area contributed by atoms with E-state index in [4.69, 9.17) is 22.1 Å². The number of nitrogen functional groups attached to an aromatic ring is 1. The third-order valence-electron chi connectivity index (χ3n) is 3.04. The summed E-state index contributed by atoms with van der Waals surface area (Å²) in [6, 6.07) is 9.44. The summed E-state index contributed by atoms with van der Waals surface area (Å²) in [5.74, 6) is 0.500. The van der Waals surface area contributed by atoms with Crippen molar-refractivity contribution in [3.63, 3.8) is 0 Å². The first-order valence-electron chi connectivity index (χ1n) is 5.87. The van der Waals surface area contributed by atoms with Gasteiger partial charge in [0.15, 0.2) is 0 Å². The maximum absolute atomic E-state index is 13.4. The number of anilines is 1. The zero-order valence-corrected chi connectivity index (χ0v) is 11.4. The summed E-state index contributed by atoms with van der Waals surface area (Å²) >= 11 is 6.20. The van der Waals surface area contributed by atoms with Crippen LogP contribution in [0.15, 0.2) is 36.4 Å². The summed E-state index contributed by atoms with van der Waals surface area (Å²) < 4.78 is 20.2. The lowest BCUT2D eigenvalue weighted by molar-refractivity contribution is 0.414. The summed E-state index contributed by atoms with van der Waals surface area (Å²) in [6.45, 7) is 0. The first-order valence-corrected chi connectivity index (χ1v) is 6.25. The molecule has 0 fully saturated rings. The minimum absolute atomic E-state index is 0.237. The second kappa shape index (κ2) is 4.68. The minimum atomic E-state index is -0.363. The van der Waals surface area contributed by atoms with Crippen molar-refractivity contribution < 1.29 is 9.13 Å². The van der Waals surface area contributed by atoms with E-state index in [0.717, 1.165) is 0 Å². The number of ether oxygens (including phenoxy) is 1. The smallest absolute Gasteiger partial charge is 0.205 e. The van der Waals surface area contributed by atoms with Gasteiger partial charge < -0.3 is 10.5 Å². The lowest BCUT2D eigenvalue weighted by Crippen LogP contribution is -2.02. The van der Waals surface area contributed by atoms with Gasteiger partial charge in [-0.1, -0.05) is 11.6 Å². The van der Waals surface area contributed by atoms with Crippen molar-refractivity contribution in [2.24, 2.45) is 0 Å². The highest BCUT2D eigenvalue weighted by Gasteiger charge is 2.14. The molecule has 102 valence electrons. The summed E-state index contributed by atoms with van der Waals surface area (Å²) in [6.07, 6.45) is 0. The van der Waals surface area contributed by atoms with Crippen LogP contribution in [-0.2, 0) is 0 Å². The Morgan fingerprint density at radius 1 is 1.25 bits per heavy atom. The predicted octanol–water partition coefficient (Wildman–Crippen LogP) is 3.41. The van der Waals surface area contributed by atoms with Gasteiger partial charge in [0.05, 0.1) is 28.9 Å². The molecule has 0 atom stereocenters. The maximum Gasteiger partial charge on any atom is 0.205 e. The molecule has 0 aliphatic heterocycles. The second-order valence-electron chi connectivity index (χ2n) is 4.26. The van der Waals surface area contributed by atoms with Gasteiger partial charge in [-0.3, -0.25) is 4.57 Å². The Hall–Kier alpha value is -2.27. The molecule has 3 rings (SSSR count). The van der Waals surface area contributed by atoms with Crippen LogP contribution in [0.3, 0.4) is 0 Å². The van der Waals surface area contributed by atoms with Crippen molar-refractivity contribution >= 4 is 28.6 Å². The van der Waals surface area contributed by atoms with Crippen molar-refractivity contribution in [1.82, 2.24) is 9.55 Å². The topological polar surface area (TPSA) is 53.1 Å². The number of nitrogens with two attached hydrogens (primary N) is 1. The molecule has 0 saturated heterocycles. The summed E-state index contributed by atoms with van der Waals surface area (Å²) in [5.41, 5.74) is 7.67. The van der Waals surface area contributed by atoms with E-state index in [0.29, 0.717) is 27.5 Å². The van der Waals surface area contributed by atoms with E-state index in [1.807, 2.05) is 0 Å².